The maximum absolute atomic E-state index is 10.5. The molecular formula is C11H22N2O. The highest BCUT2D eigenvalue weighted by Crippen LogP contribution is 2.44. The summed E-state index contributed by atoms with van der Waals surface area (Å²) in [7, 11) is 0. The summed E-state index contributed by atoms with van der Waals surface area (Å²) < 4.78 is 0. The Labute approximate surface area is 86.1 Å². The summed E-state index contributed by atoms with van der Waals surface area (Å²) in [6.07, 6.45) is 3.89. The van der Waals surface area contributed by atoms with Crippen LogP contribution in [0.5, 0.6) is 0 Å². The van der Waals surface area contributed by atoms with Gasteiger partial charge in [0.25, 0.3) is 0 Å². The van der Waals surface area contributed by atoms with E-state index >= 15 is 0 Å². The van der Waals surface area contributed by atoms with E-state index in [9.17, 15) is 5.11 Å². The molecule has 0 spiro atoms. The summed E-state index contributed by atoms with van der Waals surface area (Å²) in [5.74, 6) is 0. The number of aliphatic hydroxyl groups is 1. The molecule has 2 aliphatic rings. The van der Waals surface area contributed by atoms with Gasteiger partial charge in [0.1, 0.15) is 0 Å². The van der Waals surface area contributed by atoms with Crippen molar-refractivity contribution in [1.82, 2.24) is 5.32 Å². The SMILES string of the molecule is CC1(C)CCC(O)(C2(N)CNC2)CC1. The highest BCUT2D eigenvalue weighted by Gasteiger charge is 2.53. The molecule has 2 rings (SSSR count). The monoisotopic (exact) mass is 198 g/mol. The van der Waals surface area contributed by atoms with Gasteiger partial charge in [0.15, 0.2) is 0 Å². The molecule has 82 valence electrons. The van der Waals surface area contributed by atoms with E-state index in [4.69, 9.17) is 5.73 Å². The van der Waals surface area contributed by atoms with Crippen LogP contribution in [0.25, 0.3) is 0 Å². The van der Waals surface area contributed by atoms with Gasteiger partial charge in [-0.15, -0.1) is 0 Å². The Balaban J connectivity index is 2.05. The first-order chi connectivity index (χ1) is 6.37. The van der Waals surface area contributed by atoms with E-state index in [1.165, 1.54) is 0 Å². The molecule has 0 radical (unpaired) electrons. The molecule has 3 nitrogen and oxygen atoms in total. The van der Waals surface area contributed by atoms with Crippen molar-refractivity contribution in [1.29, 1.82) is 0 Å². The quantitative estimate of drug-likeness (QED) is 0.579. The summed E-state index contributed by atoms with van der Waals surface area (Å²) in [4.78, 5) is 0. The largest absolute Gasteiger partial charge is 0.388 e. The van der Waals surface area contributed by atoms with Crippen molar-refractivity contribution in [2.45, 2.75) is 50.7 Å². The van der Waals surface area contributed by atoms with E-state index in [0.29, 0.717) is 5.41 Å². The molecule has 1 saturated heterocycles. The average molecular weight is 198 g/mol. The minimum absolute atomic E-state index is 0.358. The average Bonchev–Trinajstić information content (AvgIpc) is 2.07. The zero-order valence-electron chi connectivity index (χ0n) is 9.27. The molecule has 0 bridgehead atoms. The molecule has 1 aliphatic carbocycles. The highest BCUT2D eigenvalue weighted by atomic mass is 16.3. The minimum Gasteiger partial charge on any atom is -0.388 e. The zero-order valence-corrected chi connectivity index (χ0v) is 9.27. The third-order valence-corrected chi connectivity index (χ3v) is 4.24. The van der Waals surface area contributed by atoms with Gasteiger partial charge in [-0.1, -0.05) is 13.8 Å². The molecule has 1 heterocycles. The summed E-state index contributed by atoms with van der Waals surface area (Å²) in [6, 6.07) is 0. The van der Waals surface area contributed by atoms with Gasteiger partial charge in [0.2, 0.25) is 0 Å². The molecule has 0 aromatic carbocycles. The Kier molecular flexibility index (Phi) is 2.18. The standard InChI is InChI=1S/C11H22N2O/c1-9(2)3-5-11(14,6-4-9)10(12)7-13-8-10/h13-14H,3-8,12H2,1-2H3. The third kappa shape index (κ3) is 1.47. The number of rotatable bonds is 1. The van der Waals surface area contributed by atoms with E-state index in [1.807, 2.05) is 0 Å². The van der Waals surface area contributed by atoms with Crippen LogP contribution >= 0.6 is 0 Å². The summed E-state index contributed by atoms with van der Waals surface area (Å²) in [6.45, 7) is 6.08. The lowest BCUT2D eigenvalue weighted by Gasteiger charge is -2.54. The fourth-order valence-corrected chi connectivity index (χ4v) is 2.56. The van der Waals surface area contributed by atoms with Crippen molar-refractivity contribution in [2.75, 3.05) is 13.1 Å². The van der Waals surface area contributed by atoms with Crippen molar-refractivity contribution in [2.24, 2.45) is 11.1 Å². The lowest BCUT2D eigenvalue weighted by molar-refractivity contribution is -0.101. The fourth-order valence-electron chi connectivity index (χ4n) is 2.56. The van der Waals surface area contributed by atoms with Gasteiger partial charge in [-0.2, -0.15) is 0 Å². The van der Waals surface area contributed by atoms with Crippen LogP contribution < -0.4 is 11.1 Å². The molecule has 1 aliphatic heterocycles. The first-order valence-corrected chi connectivity index (χ1v) is 5.59. The van der Waals surface area contributed by atoms with Crippen LogP contribution in [0.2, 0.25) is 0 Å². The first-order valence-electron chi connectivity index (χ1n) is 5.59. The summed E-state index contributed by atoms with van der Waals surface area (Å²) in [5, 5.41) is 13.7. The first kappa shape index (κ1) is 10.4. The van der Waals surface area contributed by atoms with Crippen LogP contribution in [-0.2, 0) is 0 Å². The predicted molar refractivity (Wildman–Crippen MR) is 57.0 cm³/mol. The molecule has 0 aromatic heterocycles. The topological polar surface area (TPSA) is 58.3 Å². The second-order valence-electron chi connectivity index (χ2n) is 5.96. The van der Waals surface area contributed by atoms with Crippen LogP contribution in [-0.4, -0.2) is 29.3 Å². The molecule has 0 unspecified atom stereocenters. The number of hydrogen-bond acceptors (Lipinski definition) is 3. The van der Waals surface area contributed by atoms with Gasteiger partial charge in [-0.3, -0.25) is 0 Å². The molecular weight excluding hydrogens is 176 g/mol. The number of nitrogens with one attached hydrogen (secondary N) is 1. The molecule has 2 fully saturated rings. The Hall–Kier alpha value is -0.120. The van der Waals surface area contributed by atoms with Crippen molar-refractivity contribution in [3.8, 4) is 0 Å². The molecule has 3 heteroatoms. The Bertz CT molecular complexity index is 223. The van der Waals surface area contributed by atoms with E-state index < -0.39 is 5.60 Å². The molecule has 0 aromatic rings. The summed E-state index contributed by atoms with van der Waals surface area (Å²) in [5.41, 5.74) is 5.60. The van der Waals surface area contributed by atoms with Crippen LogP contribution in [0.1, 0.15) is 39.5 Å². The normalized spacial score (nSPS) is 33.4. The Morgan fingerprint density at radius 1 is 1.07 bits per heavy atom. The van der Waals surface area contributed by atoms with Gasteiger partial charge in [-0.25, -0.2) is 0 Å². The van der Waals surface area contributed by atoms with E-state index in [0.717, 1.165) is 38.8 Å². The van der Waals surface area contributed by atoms with Crippen LogP contribution in [0, 0.1) is 5.41 Å². The zero-order chi connectivity index (χ0) is 10.4. The van der Waals surface area contributed by atoms with Crippen LogP contribution in [0.15, 0.2) is 0 Å². The molecule has 4 N–H and O–H groups in total. The van der Waals surface area contributed by atoms with Crippen molar-refractivity contribution >= 4 is 0 Å². The second kappa shape index (κ2) is 2.94. The van der Waals surface area contributed by atoms with E-state index in [2.05, 4.69) is 19.2 Å². The second-order valence-corrected chi connectivity index (χ2v) is 5.96. The van der Waals surface area contributed by atoms with E-state index in [1.54, 1.807) is 0 Å². The van der Waals surface area contributed by atoms with E-state index in [-0.39, 0.29) is 5.54 Å². The number of nitrogens with two attached hydrogens (primary N) is 1. The molecule has 14 heavy (non-hydrogen) atoms. The lowest BCUT2D eigenvalue weighted by atomic mass is 9.62. The van der Waals surface area contributed by atoms with Crippen molar-refractivity contribution in [3.63, 3.8) is 0 Å². The maximum Gasteiger partial charge on any atom is 0.0851 e. The highest BCUT2D eigenvalue weighted by molar-refractivity contribution is 5.13. The van der Waals surface area contributed by atoms with Gasteiger partial charge >= 0.3 is 0 Å². The Morgan fingerprint density at radius 3 is 1.93 bits per heavy atom. The minimum atomic E-state index is -0.617. The fraction of sp³-hybridized carbons (Fsp3) is 1.00. The van der Waals surface area contributed by atoms with Gasteiger partial charge in [0.05, 0.1) is 11.1 Å². The smallest absolute Gasteiger partial charge is 0.0851 e. The number of hydrogen-bond donors (Lipinski definition) is 3. The summed E-state index contributed by atoms with van der Waals surface area (Å²) >= 11 is 0. The van der Waals surface area contributed by atoms with Crippen molar-refractivity contribution < 1.29 is 5.11 Å². The predicted octanol–water partition coefficient (Wildman–Crippen LogP) is 0.618. The van der Waals surface area contributed by atoms with Crippen LogP contribution in [0.4, 0.5) is 0 Å². The maximum atomic E-state index is 10.5. The van der Waals surface area contributed by atoms with Crippen molar-refractivity contribution in [3.05, 3.63) is 0 Å². The van der Waals surface area contributed by atoms with Gasteiger partial charge < -0.3 is 16.2 Å². The molecule has 0 amide bonds. The molecule has 1 saturated carbocycles. The molecule has 0 atom stereocenters. The third-order valence-electron chi connectivity index (χ3n) is 4.24. The Morgan fingerprint density at radius 2 is 1.57 bits per heavy atom. The van der Waals surface area contributed by atoms with Crippen LogP contribution in [0.3, 0.4) is 0 Å². The lowest BCUT2D eigenvalue weighted by Crippen LogP contribution is -2.77. The van der Waals surface area contributed by atoms with Gasteiger partial charge in [-0.05, 0) is 31.1 Å². The van der Waals surface area contributed by atoms with Gasteiger partial charge in [0, 0.05) is 13.1 Å².